The Balaban J connectivity index is 2.05. The van der Waals surface area contributed by atoms with Crippen LogP contribution in [0.25, 0.3) is 0 Å². The molecule has 3 heteroatoms. The highest BCUT2D eigenvalue weighted by Gasteiger charge is 2.21. The molecule has 1 aliphatic carbocycles. The fourth-order valence-corrected chi connectivity index (χ4v) is 1.94. The average Bonchev–Trinajstić information content (AvgIpc) is 2.63. The topological polar surface area (TPSA) is 55.1 Å². The van der Waals surface area contributed by atoms with Crippen molar-refractivity contribution < 1.29 is 4.79 Å². The molecule has 0 bridgehead atoms. The molecule has 0 aromatic rings. The van der Waals surface area contributed by atoms with Crippen molar-refractivity contribution in [2.75, 3.05) is 6.54 Å². The van der Waals surface area contributed by atoms with Crippen LogP contribution >= 0.6 is 0 Å². The number of hydrogen-bond donors (Lipinski definition) is 2. The Morgan fingerprint density at radius 1 is 1.44 bits per heavy atom. The summed E-state index contributed by atoms with van der Waals surface area (Å²) in [6, 6.07) is 0.0664. The lowest BCUT2D eigenvalue weighted by atomic mass is 10.1. The van der Waals surface area contributed by atoms with Crippen molar-refractivity contribution >= 4 is 5.91 Å². The SMILES string of the molecule is CC(C)CCCCNC(=O)C1C=CC(N)C1. The Labute approximate surface area is 98.5 Å². The van der Waals surface area contributed by atoms with Crippen LogP contribution in [0.4, 0.5) is 0 Å². The van der Waals surface area contributed by atoms with E-state index in [1.165, 1.54) is 12.8 Å². The van der Waals surface area contributed by atoms with Crippen LogP contribution in [0.2, 0.25) is 0 Å². The van der Waals surface area contributed by atoms with Gasteiger partial charge in [0.1, 0.15) is 0 Å². The minimum absolute atomic E-state index is 0.0000914. The summed E-state index contributed by atoms with van der Waals surface area (Å²) in [7, 11) is 0. The van der Waals surface area contributed by atoms with E-state index >= 15 is 0 Å². The summed E-state index contributed by atoms with van der Waals surface area (Å²) in [6.45, 7) is 5.25. The molecule has 92 valence electrons. The second-order valence-corrected chi connectivity index (χ2v) is 5.07. The predicted octanol–water partition coefficient (Wildman–Crippen LogP) is 1.83. The molecule has 3 N–H and O–H groups in total. The first-order valence-corrected chi connectivity index (χ1v) is 6.31. The van der Waals surface area contributed by atoms with Gasteiger partial charge in [-0.2, -0.15) is 0 Å². The first-order chi connectivity index (χ1) is 7.59. The number of rotatable bonds is 6. The number of nitrogens with two attached hydrogens (primary N) is 1. The first-order valence-electron chi connectivity index (χ1n) is 6.31. The van der Waals surface area contributed by atoms with E-state index in [0.717, 1.165) is 25.3 Å². The molecule has 0 aromatic carbocycles. The number of carbonyl (C=O) groups excluding carboxylic acids is 1. The molecule has 2 atom stereocenters. The summed E-state index contributed by atoms with van der Waals surface area (Å²) in [5.74, 6) is 0.889. The van der Waals surface area contributed by atoms with Gasteiger partial charge >= 0.3 is 0 Å². The Morgan fingerprint density at radius 2 is 2.19 bits per heavy atom. The van der Waals surface area contributed by atoms with Gasteiger partial charge in [0.2, 0.25) is 5.91 Å². The predicted molar refractivity (Wildman–Crippen MR) is 66.9 cm³/mol. The van der Waals surface area contributed by atoms with Gasteiger partial charge in [0.05, 0.1) is 5.92 Å². The van der Waals surface area contributed by atoms with E-state index < -0.39 is 0 Å². The van der Waals surface area contributed by atoms with Crippen LogP contribution < -0.4 is 11.1 Å². The van der Waals surface area contributed by atoms with Crippen LogP contribution in [0.15, 0.2) is 12.2 Å². The van der Waals surface area contributed by atoms with E-state index in [1.54, 1.807) is 0 Å². The van der Waals surface area contributed by atoms with Gasteiger partial charge in [-0.25, -0.2) is 0 Å². The molecule has 1 rings (SSSR count). The van der Waals surface area contributed by atoms with Crippen molar-refractivity contribution in [1.29, 1.82) is 0 Å². The van der Waals surface area contributed by atoms with E-state index in [-0.39, 0.29) is 17.9 Å². The number of carbonyl (C=O) groups is 1. The molecule has 0 radical (unpaired) electrons. The van der Waals surface area contributed by atoms with Gasteiger partial charge in [0, 0.05) is 12.6 Å². The van der Waals surface area contributed by atoms with Crippen molar-refractivity contribution in [3.05, 3.63) is 12.2 Å². The highest BCUT2D eigenvalue weighted by Crippen LogP contribution is 2.16. The largest absolute Gasteiger partial charge is 0.356 e. The molecule has 0 heterocycles. The normalized spacial score (nSPS) is 24.0. The van der Waals surface area contributed by atoms with Crippen molar-refractivity contribution in [2.24, 2.45) is 17.6 Å². The van der Waals surface area contributed by atoms with Crippen molar-refractivity contribution in [3.8, 4) is 0 Å². The summed E-state index contributed by atoms with van der Waals surface area (Å²) in [5.41, 5.74) is 5.71. The van der Waals surface area contributed by atoms with Gasteiger partial charge in [-0.3, -0.25) is 4.79 Å². The summed E-state index contributed by atoms with van der Waals surface area (Å²) in [6.07, 6.45) is 8.11. The molecule has 16 heavy (non-hydrogen) atoms. The lowest BCUT2D eigenvalue weighted by molar-refractivity contribution is -0.123. The lowest BCUT2D eigenvalue weighted by Crippen LogP contribution is -2.31. The summed E-state index contributed by atoms with van der Waals surface area (Å²) in [4.78, 5) is 11.7. The Hall–Kier alpha value is -0.830. The number of hydrogen-bond acceptors (Lipinski definition) is 2. The third kappa shape index (κ3) is 4.79. The summed E-state index contributed by atoms with van der Waals surface area (Å²) < 4.78 is 0. The van der Waals surface area contributed by atoms with E-state index in [9.17, 15) is 4.79 Å². The highest BCUT2D eigenvalue weighted by atomic mass is 16.1. The Kier molecular flexibility index (Phi) is 5.53. The van der Waals surface area contributed by atoms with Crippen LogP contribution in [0.5, 0.6) is 0 Å². The average molecular weight is 224 g/mol. The molecule has 3 nitrogen and oxygen atoms in total. The molecule has 2 unspecified atom stereocenters. The van der Waals surface area contributed by atoms with Gasteiger partial charge in [-0.1, -0.05) is 38.8 Å². The van der Waals surface area contributed by atoms with E-state index in [1.807, 2.05) is 12.2 Å². The zero-order valence-electron chi connectivity index (χ0n) is 10.4. The molecule has 0 saturated carbocycles. The van der Waals surface area contributed by atoms with Crippen LogP contribution in [-0.4, -0.2) is 18.5 Å². The molecular formula is C13H24N2O. The Morgan fingerprint density at radius 3 is 2.75 bits per heavy atom. The van der Waals surface area contributed by atoms with E-state index in [2.05, 4.69) is 19.2 Å². The van der Waals surface area contributed by atoms with E-state index in [0.29, 0.717) is 0 Å². The van der Waals surface area contributed by atoms with Gasteiger partial charge < -0.3 is 11.1 Å². The van der Waals surface area contributed by atoms with Crippen LogP contribution in [-0.2, 0) is 4.79 Å². The maximum Gasteiger partial charge on any atom is 0.226 e. The van der Waals surface area contributed by atoms with Crippen molar-refractivity contribution in [3.63, 3.8) is 0 Å². The van der Waals surface area contributed by atoms with Crippen LogP contribution in [0.1, 0.15) is 39.5 Å². The molecule has 1 amide bonds. The van der Waals surface area contributed by atoms with E-state index in [4.69, 9.17) is 5.73 Å². The second-order valence-electron chi connectivity index (χ2n) is 5.07. The van der Waals surface area contributed by atoms with Gasteiger partial charge in [-0.05, 0) is 18.8 Å². The van der Waals surface area contributed by atoms with Crippen LogP contribution in [0, 0.1) is 11.8 Å². The Bertz CT molecular complexity index is 248. The van der Waals surface area contributed by atoms with Gasteiger partial charge in [0.25, 0.3) is 0 Å². The summed E-state index contributed by atoms with van der Waals surface area (Å²) >= 11 is 0. The second kappa shape index (κ2) is 6.69. The molecule has 1 aliphatic rings. The smallest absolute Gasteiger partial charge is 0.226 e. The van der Waals surface area contributed by atoms with Gasteiger partial charge in [-0.15, -0.1) is 0 Å². The quantitative estimate of drug-likeness (QED) is 0.534. The minimum Gasteiger partial charge on any atom is -0.356 e. The third-order valence-corrected chi connectivity index (χ3v) is 2.96. The molecule has 0 aliphatic heterocycles. The van der Waals surface area contributed by atoms with Crippen molar-refractivity contribution in [2.45, 2.75) is 45.6 Å². The molecule has 0 aromatic heterocycles. The third-order valence-electron chi connectivity index (χ3n) is 2.96. The fourth-order valence-electron chi connectivity index (χ4n) is 1.94. The number of unbranched alkanes of at least 4 members (excludes halogenated alkanes) is 1. The maximum absolute atomic E-state index is 11.7. The minimum atomic E-state index is 0.0000914. The maximum atomic E-state index is 11.7. The highest BCUT2D eigenvalue weighted by molar-refractivity contribution is 5.81. The monoisotopic (exact) mass is 224 g/mol. The molecule has 0 spiro atoms. The molecule has 0 saturated heterocycles. The first kappa shape index (κ1) is 13.2. The zero-order chi connectivity index (χ0) is 12.0. The number of nitrogens with one attached hydrogen (secondary N) is 1. The molecule has 0 fully saturated rings. The van der Waals surface area contributed by atoms with Crippen molar-refractivity contribution in [1.82, 2.24) is 5.32 Å². The molecular weight excluding hydrogens is 200 g/mol. The fraction of sp³-hybridized carbons (Fsp3) is 0.769. The number of amides is 1. The zero-order valence-corrected chi connectivity index (χ0v) is 10.4. The summed E-state index contributed by atoms with van der Waals surface area (Å²) in [5, 5.41) is 2.97. The lowest BCUT2D eigenvalue weighted by Gasteiger charge is -2.10. The standard InChI is InChI=1S/C13H24N2O/c1-10(2)5-3-4-8-15-13(16)11-6-7-12(14)9-11/h6-7,10-12H,3-5,8-9,14H2,1-2H3,(H,15,16). The van der Waals surface area contributed by atoms with Gasteiger partial charge in [0.15, 0.2) is 0 Å². The van der Waals surface area contributed by atoms with Crippen LogP contribution in [0.3, 0.4) is 0 Å².